The average molecular weight is 200 g/mol. The average Bonchev–Trinajstić information content (AvgIpc) is 2.16. The minimum Gasteiger partial charge on any atom is -0.379 e. The molecule has 0 spiro atoms. The highest BCUT2D eigenvalue weighted by Crippen LogP contribution is 2.13. The van der Waals surface area contributed by atoms with Crippen molar-refractivity contribution in [1.82, 2.24) is 4.90 Å². The van der Waals surface area contributed by atoms with E-state index in [-0.39, 0.29) is 5.54 Å². The standard InChI is InChI=1S/C11H24N2O/c1-3-4-5-11(2,12)10-13-6-8-14-9-7-13/h3-10,12H2,1-2H3. The molecule has 0 aromatic rings. The molecule has 0 bridgehead atoms. The van der Waals surface area contributed by atoms with Crippen molar-refractivity contribution < 1.29 is 4.74 Å². The number of nitrogens with two attached hydrogens (primary N) is 1. The van der Waals surface area contributed by atoms with Gasteiger partial charge < -0.3 is 10.5 Å². The SMILES string of the molecule is CCCCC(C)(N)CN1CCOCC1. The summed E-state index contributed by atoms with van der Waals surface area (Å²) in [4.78, 5) is 2.42. The lowest BCUT2D eigenvalue weighted by molar-refractivity contribution is 0.0280. The van der Waals surface area contributed by atoms with Gasteiger partial charge in [0.25, 0.3) is 0 Å². The van der Waals surface area contributed by atoms with Crippen LogP contribution in [0, 0.1) is 0 Å². The molecular weight excluding hydrogens is 176 g/mol. The fourth-order valence-corrected chi connectivity index (χ4v) is 1.93. The lowest BCUT2D eigenvalue weighted by atomic mass is 9.95. The van der Waals surface area contributed by atoms with Crippen LogP contribution in [-0.4, -0.2) is 43.3 Å². The topological polar surface area (TPSA) is 38.5 Å². The van der Waals surface area contributed by atoms with Crippen LogP contribution in [-0.2, 0) is 4.74 Å². The third-order valence-corrected chi connectivity index (χ3v) is 2.79. The number of nitrogens with zero attached hydrogens (tertiary/aromatic N) is 1. The van der Waals surface area contributed by atoms with Crippen molar-refractivity contribution >= 4 is 0 Å². The summed E-state index contributed by atoms with van der Waals surface area (Å²) in [6, 6.07) is 0. The van der Waals surface area contributed by atoms with Crippen LogP contribution in [0.5, 0.6) is 0 Å². The molecule has 0 radical (unpaired) electrons. The summed E-state index contributed by atoms with van der Waals surface area (Å²) in [5.74, 6) is 0. The Balaban J connectivity index is 2.25. The van der Waals surface area contributed by atoms with E-state index in [1.54, 1.807) is 0 Å². The van der Waals surface area contributed by atoms with E-state index in [1.807, 2.05) is 0 Å². The maximum atomic E-state index is 6.25. The van der Waals surface area contributed by atoms with Crippen molar-refractivity contribution in [2.45, 2.75) is 38.6 Å². The van der Waals surface area contributed by atoms with E-state index in [4.69, 9.17) is 10.5 Å². The molecule has 1 aliphatic rings. The zero-order valence-electron chi connectivity index (χ0n) is 9.59. The van der Waals surface area contributed by atoms with Crippen LogP contribution in [0.4, 0.5) is 0 Å². The van der Waals surface area contributed by atoms with Crippen LogP contribution in [0.1, 0.15) is 33.1 Å². The van der Waals surface area contributed by atoms with Crippen molar-refractivity contribution in [3.05, 3.63) is 0 Å². The minimum atomic E-state index is -0.0205. The molecule has 2 N–H and O–H groups in total. The third-order valence-electron chi connectivity index (χ3n) is 2.79. The van der Waals surface area contributed by atoms with E-state index < -0.39 is 0 Å². The van der Waals surface area contributed by atoms with Gasteiger partial charge in [-0.05, 0) is 13.3 Å². The molecule has 1 atom stereocenters. The summed E-state index contributed by atoms with van der Waals surface area (Å²) < 4.78 is 5.31. The van der Waals surface area contributed by atoms with Gasteiger partial charge in [0.15, 0.2) is 0 Å². The molecule has 0 aliphatic carbocycles. The molecule has 1 aliphatic heterocycles. The van der Waals surface area contributed by atoms with Gasteiger partial charge in [0.2, 0.25) is 0 Å². The molecule has 3 nitrogen and oxygen atoms in total. The van der Waals surface area contributed by atoms with Gasteiger partial charge in [0.1, 0.15) is 0 Å². The van der Waals surface area contributed by atoms with E-state index in [2.05, 4.69) is 18.7 Å². The largest absolute Gasteiger partial charge is 0.379 e. The number of hydrogen-bond donors (Lipinski definition) is 1. The molecular formula is C11H24N2O. The molecule has 0 aromatic heterocycles. The summed E-state index contributed by atoms with van der Waals surface area (Å²) in [7, 11) is 0. The summed E-state index contributed by atoms with van der Waals surface area (Å²) in [5, 5.41) is 0. The van der Waals surface area contributed by atoms with E-state index in [1.165, 1.54) is 12.8 Å². The van der Waals surface area contributed by atoms with Crippen LogP contribution < -0.4 is 5.73 Å². The highest BCUT2D eigenvalue weighted by Gasteiger charge is 2.22. The van der Waals surface area contributed by atoms with Crippen molar-refractivity contribution in [3.63, 3.8) is 0 Å². The van der Waals surface area contributed by atoms with Gasteiger partial charge in [-0.1, -0.05) is 19.8 Å². The highest BCUT2D eigenvalue weighted by molar-refractivity contribution is 4.83. The fourth-order valence-electron chi connectivity index (χ4n) is 1.93. The predicted molar refractivity (Wildman–Crippen MR) is 59.4 cm³/mol. The van der Waals surface area contributed by atoms with Gasteiger partial charge in [0, 0.05) is 25.2 Å². The summed E-state index contributed by atoms with van der Waals surface area (Å²) in [6.07, 6.45) is 3.59. The Bertz CT molecular complexity index is 153. The van der Waals surface area contributed by atoms with Gasteiger partial charge in [0.05, 0.1) is 13.2 Å². The zero-order chi connectivity index (χ0) is 10.4. The smallest absolute Gasteiger partial charge is 0.0594 e. The summed E-state index contributed by atoms with van der Waals surface area (Å²) in [6.45, 7) is 9.20. The van der Waals surface area contributed by atoms with E-state index in [0.717, 1.165) is 39.3 Å². The van der Waals surface area contributed by atoms with Crippen molar-refractivity contribution in [1.29, 1.82) is 0 Å². The molecule has 84 valence electrons. The van der Waals surface area contributed by atoms with Crippen LogP contribution in [0.2, 0.25) is 0 Å². The molecule has 0 saturated carbocycles. The number of morpholine rings is 1. The van der Waals surface area contributed by atoms with Crippen LogP contribution in [0.15, 0.2) is 0 Å². The third kappa shape index (κ3) is 4.40. The van der Waals surface area contributed by atoms with E-state index in [9.17, 15) is 0 Å². The first-order valence-electron chi connectivity index (χ1n) is 5.73. The van der Waals surface area contributed by atoms with Gasteiger partial charge >= 0.3 is 0 Å². The monoisotopic (exact) mass is 200 g/mol. The maximum Gasteiger partial charge on any atom is 0.0594 e. The van der Waals surface area contributed by atoms with Gasteiger partial charge in [-0.3, -0.25) is 4.90 Å². The second-order valence-electron chi connectivity index (χ2n) is 4.65. The minimum absolute atomic E-state index is 0.0205. The number of rotatable bonds is 5. The normalized spacial score (nSPS) is 23.4. The Morgan fingerprint density at radius 2 is 2.00 bits per heavy atom. The highest BCUT2D eigenvalue weighted by atomic mass is 16.5. The zero-order valence-corrected chi connectivity index (χ0v) is 9.59. The number of ether oxygens (including phenoxy) is 1. The summed E-state index contributed by atoms with van der Waals surface area (Å²) in [5.41, 5.74) is 6.23. The van der Waals surface area contributed by atoms with Crippen molar-refractivity contribution in [3.8, 4) is 0 Å². The van der Waals surface area contributed by atoms with Gasteiger partial charge in [-0.15, -0.1) is 0 Å². The quantitative estimate of drug-likeness (QED) is 0.725. The molecule has 0 aromatic carbocycles. The Hall–Kier alpha value is -0.120. The number of unbranched alkanes of at least 4 members (excludes halogenated alkanes) is 1. The molecule has 14 heavy (non-hydrogen) atoms. The Morgan fingerprint density at radius 3 is 2.57 bits per heavy atom. The van der Waals surface area contributed by atoms with Crippen molar-refractivity contribution in [2.24, 2.45) is 5.73 Å². The van der Waals surface area contributed by atoms with E-state index in [0.29, 0.717) is 0 Å². The van der Waals surface area contributed by atoms with Crippen LogP contribution in [0.3, 0.4) is 0 Å². The summed E-state index contributed by atoms with van der Waals surface area (Å²) >= 11 is 0. The Morgan fingerprint density at radius 1 is 1.36 bits per heavy atom. The maximum absolute atomic E-state index is 6.25. The molecule has 1 unspecified atom stereocenters. The second-order valence-corrected chi connectivity index (χ2v) is 4.65. The molecule has 3 heteroatoms. The first-order chi connectivity index (χ1) is 6.64. The van der Waals surface area contributed by atoms with E-state index >= 15 is 0 Å². The molecule has 1 rings (SSSR count). The van der Waals surface area contributed by atoms with Crippen LogP contribution in [0.25, 0.3) is 0 Å². The van der Waals surface area contributed by atoms with Gasteiger partial charge in [-0.25, -0.2) is 0 Å². The van der Waals surface area contributed by atoms with Crippen molar-refractivity contribution in [2.75, 3.05) is 32.8 Å². The second kappa shape index (κ2) is 5.69. The van der Waals surface area contributed by atoms with Gasteiger partial charge in [-0.2, -0.15) is 0 Å². The molecule has 1 fully saturated rings. The first kappa shape index (κ1) is 12.0. The number of hydrogen-bond acceptors (Lipinski definition) is 3. The Labute approximate surface area is 87.6 Å². The molecule has 1 saturated heterocycles. The fraction of sp³-hybridized carbons (Fsp3) is 1.00. The molecule has 0 amide bonds. The molecule has 1 heterocycles. The first-order valence-corrected chi connectivity index (χ1v) is 5.73. The lowest BCUT2D eigenvalue weighted by Gasteiger charge is -2.34. The van der Waals surface area contributed by atoms with Crippen LogP contribution >= 0.6 is 0 Å². The predicted octanol–water partition coefficient (Wildman–Crippen LogP) is 1.23. The Kier molecular flexibility index (Phi) is 4.85. The lowest BCUT2D eigenvalue weighted by Crippen LogP contribution is -2.50.